The highest BCUT2D eigenvalue weighted by molar-refractivity contribution is 7.21. The van der Waals surface area contributed by atoms with Crippen molar-refractivity contribution in [2.24, 2.45) is 0 Å². The van der Waals surface area contributed by atoms with Gasteiger partial charge in [-0.15, -0.1) is 11.3 Å². The molecule has 0 bridgehead atoms. The molecule has 2 aromatic heterocycles. The minimum absolute atomic E-state index is 0.238. The molecule has 0 aliphatic carbocycles. The van der Waals surface area contributed by atoms with Crippen LogP contribution >= 0.6 is 34.5 Å². The van der Waals surface area contributed by atoms with Crippen molar-refractivity contribution >= 4 is 56.3 Å². The number of aromatic nitrogens is 1. The summed E-state index contributed by atoms with van der Waals surface area (Å²) in [7, 11) is 0. The van der Waals surface area contributed by atoms with Crippen molar-refractivity contribution in [2.45, 2.75) is 6.92 Å². The maximum atomic E-state index is 12.3. The Balaban J connectivity index is 1.94. The zero-order valence-corrected chi connectivity index (χ0v) is 13.4. The van der Waals surface area contributed by atoms with Gasteiger partial charge in [-0.1, -0.05) is 29.3 Å². The Morgan fingerprint density at radius 2 is 2.05 bits per heavy atom. The van der Waals surface area contributed by atoms with Gasteiger partial charge in [0.2, 0.25) is 0 Å². The molecule has 106 valence electrons. The largest absolute Gasteiger partial charge is 0.350 e. The second kappa shape index (κ2) is 5.64. The molecule has 0 aliphatic heterocycles. The first-order valence-corrected chi connectivity index (χ1v) is 7.79. The molecule has 0 aliphatic rings. The van der Waals surface area contributed by atoms with Gasteiger partial charge in [-0.25, -0.2) is 15.1 Å². The van der Waals surface area contributed by atoms with Crippen molar-refractivity contribution in [3.63, 3.8) is 0 Å². The van der Waals surface area contributed by atoms with E-state index in [9.17, 15) is 4.79 Å². The number of rotatable bonds is 2. The average molecular weight is 338 g/mol. The lowest BCUT2D eigenvalue weighted by molar-refractivity contribution is -0.361. The van der Waals surface area contributed by atoms with Gasteiger partial charge in [-0.05, 0) is 30.7 Å². The van der Waals surface area contributed by atoms with Crippen LogP contribution in [0.4, 0.5) is 5.82 Å². The Labute approximate surface area is 135 Å². The van der Waals surface area contributed by atoms with Crippen molar-refractivity contribution in [1.29, 1.82) is 0 Å². The summed E-state index contributed by atoms with van der Waals surface area (Å²) in [6.45, 7) is 1.97. The smallest absolute Gasteiger partial charge is 0.247 e. The molecular weight excluding hydrogens is 327 g/mol. The normalized spacial score (nSPS) is 10.8. The molecule has 3 rings (SSSR count). The van der Waals surface area contributed by atoms with Gasteiger partial charge in [0.1, 0.15) is 4.88 Å². The lowest BCUT2D eigenvalue weighted by Gasteiger charge is -1.96. The van der Waals surface area contributed by atoms with Crippen LogP contribution < -0.4 is 10.3 Å². The fraction of sp³-hybridized carbons (Fsp3) is 0.0667. The summed E-state index contributed by atoms with van der Waals surface area (Å²) in [5, 5.41) is 4.72. The highest BCUT2D eigenvalue weighted by Gasteiger charge is 2.21. The van der Waals surface area contributed by atoms with E-state index < -0.39 is 0 Å². The first kappa shape index (κ1) is 14.3. The van der Waals surface area contributed by atoms with Crippen LogP contribution in [0.1, 0.15) is 15.2 Å². The summed E-state index contributed by atoms with van der Waals surface area (Å²) in [5.41, 5.74) is 1.09. The van der Waals surface area contributed by atoms with Crippen molar-refractivity contribution in [2.75, 3.05) is 5.32 Å². The van der Waals surface area contributed by atoms with E-state index >= 15 is 0 Å². The standard InChI is InChI=1S/C15H10Cl2N2OS/c1-8-2-5-12(18-7-8)19-15(20)14-13(17)10-4-3-9(16)6-11(10)21-14/h2-7H,1H3,(H,18,19,20)/p+1. The molecule has 2 heterocycles. The first-order valence-electron chi connectivity index (χ1n) is 6.22. The molecule has 21 heavy (non-hydrogen) atoms. The van der Waals surface area contributed by atoms with E-state index in [1.54, 1.807) is 6.07 Å². The zero-order chi connectivity index (χ0) is 15.0. The Bertz CT molecular complexity index is 828. The maximum absolute atomic E-state index is 12.3. The van der Waals surface area contributed by atoms with Crippen LogP contribution in [0, 0.1) is 6.92 Å². The van der Waals surface area contributed by atoms with E-state index in [2.05, 4.69) is 10.3 Å². The molecular formula is C15H11Cl2N2OS+. The number of H-pyrrole nitrogens is 1. The molecule has 0 spiro atoms. The second-order valence-corrected chi connectivity index (χ2v) is 6.49. The first-order chi connectivity index (χ1) is 10.0. The average Bonchev–Trinajstić information content (AvgIpc) is 2.78. The van der Waals surface area contributed by atoms with Crippen LogP contribution in [0.2, 0.25) is 10.0 Å². The number of aromatic amines is 1. The number of amides is 1. The number of hydrogen-bond donors (Lipinski definition) is 1. The molecule has 2 N–H and O–H groups in total. The predicted octanol–water partition coefficient (Wildman–Crippen LogP) is 4.58. The molecule has 3 aromatic rings. The van der Waals surface area contributed by atoms with E-state index in [0.717, 1.165) is 15.6 Å². The number of benzene rings is 1. The Morgan fingerprint density at radius 1 is 1.24 bits per heavy atom. The number of pyridine rings is 1. The topological polar surface area (TPSA) is 43.2 Å². The minimum atomic E-state index is -0.238. The van der Waals surface area contributed by atoms with Crippen molar-refractivity contribution in [3.05, 3.63) is 57.0 Å². The number of nitrogens with one attached hydrogen (secondary N) is 2. The van der Waals surface area contributed by atoms with Gasteiger partial charge < -0.3 is 0 Å². The van der Waals surface area contributed by atoms with E-state index in [0.29, 0.717) is 20.7 Å². The molecule has 0 saturated carbocycles. The Kier molecular flexibility index (Phi) is 3.85. The van der Waals surface area contributed by atoms with Crippen LogP contribution in [-0.4, -0.2) is 5.91 Å². The van der Waals surface area contributed by atoms with Gasteiger partial charge >= 0.3 is 5.91 Å². The number of carbonyl (C=O) groups excluding carboxylic acids is 1. The van der Waals surface area contributed by atoms with Crippen molar-refractivity contribution in [3.8, 4) is 0 Å². The fourth-order valence-electron chi connectivity index (χ4n) is 1.94. The molecule has 0 radical (unpaired) electrons. The third-order valence-electron chi connectivity index (χ3n) is 3.01. The SMILES string of the molecule is Cc1ccc(NC(=O)c2sc3cc(Cl)ccc3c2Cl)[nH+]c1. The molecule has 0 atom stereocenters. The van der Waals surface area contributed by atoms with Gasteiger partial charge in [-0.3, -0.25) is 0 Å². The van der Waals surface area contributed by atoms with E-state index in [1.165, 1.54) is 11.3 Å². The van der Waals surface area contributed by atoms with E-state index in [1.807, 2.05) is 37.4 Å². The lowest BCUT2D eigenvalue weighted by atomic mass is 10.2. The summed E-state index contributed by atoms with van der Waals surface area (Å²) >= 11 is 13.6. The number of aryl methyl sites for hydroxylation is 1. The fourth-order valence-corrected chi connectivity index (χ4v) is 3.63. The monoisotopic (exact) mass is 337 g/mol. The van der Waals surface area contributed by atoms with Gasteiger partial charge in [0.15, 0.2) is 0 Å². The third-order valence-corrected chi connectivity index (χ3v) is 4.91. The second-order valence-electron chi connectivity index (χ2n) is 4.62. The minimum Gasteiger partial charge on any atom is -0.247 e. The summed E-state index contributed by atoms with van der Waals surface area (Å²) in [4.78, 5) is 15.8. The molecule has 0 fully saturated rings. The van der Waals surface area contributed by atoms with E-state index in [-0.39, 0.29) is 5.91 Å². The van der Waals surface area contributed by atoms with Gasteiger partial charge in [0.25, 0.3) is 5.82 Å². The predicted molar refractivity (Wildman–Crippen MR) is 87.5 cm³/mol. The molecule has 3 nitrogen and oxygen atoms in total. The number of fused-ring (bicyclic) bond motifs is 1. The summed E-state index contributed by atoms with van der Waals surface area (Å²) in [6, 6.07) is 9.12. The zero-order valence-electron chi connectivity index (χ0n) is 11.0. The molecule has 1 aromatic carbocycles. The molecule has 0 unspecified atom stereocenters. The molecule has 6 heteroatoms. The van der Waals surface area contributed by atoms with Crippen LogP contribution in [0.5, 0.6) is 0 Å². The number of hydrogen-bond acceptors (Lipinski definition) is 2. The van der Waals surface area contributed by atoms with Crippen LogP contribution in [-0.2, 0) is 0 Å². The Hall–Kier alpha value is -1.62. The third kappa shape index (κ3) is 2.88. The van der Waals surface area contributed by atoms with Gasteiger partial charge in [0.05, 0.1) is 11.2 Å². The van der Waals surface area contributed by atoms with Crippen LogP contribution in [0.3, 0.4) is 0 Å². The van der Waals surface area contributed by atoms with Crippen LogP contribution in [0.25, 0.3) is 10.1 Å². The van der Waals surface area contributed by atoms with Gasteiger partial charge in [-0.2, -0.15) is 0 Å². The van der Waals surface area contributed by atoms with Gasteiger partial charge in [0, 0.05) is 21.2 Å². The Morgan fingerprint density at radius 3 is 2.76 bits per heavy atom. The number of halogens is 2. The summed E-state index contributed by atoms with van der Waals surface area (Å²) < 4.78 is 0.894. The summed E-state index contributed by atoms with van der Waals surface area (Å²) in [6.07, 6.45) is 1.82. The highest BCUT2D eigenvalue weighted by atomic mass is 35.5. The lowest BCUT2D eigenvalue weighted by Crippen LogP contribution is -2.18. The highest BCUT2D eigenvalue weighted by Crippen LogP contribution is 2.36. The number of thiophene rings is 1. The van der Waals surface area contributed by atoms with Crippen LogP contribution in [0.15, 0.2) is 36.5 Å². The summed E-state index contributed by atoms with van der Waals surface area (Å²) in [5.74, 6) is 0.384. The number of carbonyl (C=O) groups is 1. The maximum Gasteiger partial charge on any atom is 0.350 e. The van der Waals surface area contributed by atoms with Crippen molar-refractivity contribution < 1.29 is 9.78 Å². The number of anilines is 1. The quantitative estimate of drug-likeness (QED) is 0.730. The van der Waals surface area contributed by atoms with E-state index in [4.69, 9.17) is 23.2 Å². The molecule has 0 saturated heterocycles. The molecule has 1 amide bonds. The van der Waals surface area contributed by atoms with Crippen molar-refractivity contribution in [1.82, 2.24) is 0 Å².